The number of aliphatic hydroxyl groups excluding tert-OH is 1. The molecule has 0 saturated carbocycles. The van der Waals surface area contributed by atoms with Crippen molar-refractivity contribution in [2.45, 2.75) is 20.0 Å². The van der Waals surface area contributed by atoms with Crippen LogP contribution in [-0.2, 0) is 4.74 Å². The molecule has 1 heterocycles. The molecule has 0 aliphatic carbocycles. The van der Waals surface area contributed by atoms with Crippen molar-refractivity contribution in [2.24, 2.45) is 0 Å². The molecule has 68 valence electrons. The van der Waals surface area contributed by atoms with E-state index in [0.717, 1.165) is 5.56 Å². The number of hydrogen-bond donors (Lipinski definition) is 1. The summed E-state index contributed by atoms with van der Waals surface area (Å²) in [6.45, 7) is 4.69. The standard InChI is InChI=1S/C9H14O3/c1-3-11-6-8(10)9-7(2)4-5-12-9/h4-5,8,10H,3,6H2,1-2H3. The summed E-state index contributed by atoms with van der Waals surface area (Å²) in [6, 6.07) is 1.82. The Morgan fingerprint density at radius 3 is 2.92 bits per heavy atom. The lowest BCUT2D eigenvalue weighted by Gasteiger charge is -2.07. The molecule has 1 aromatic rings. The minimum absolute atomic E-state index is 0.296. The fourth-order valence-electron chi connectivity index (χ4n) is 1.03. The Morgan fingerprint density at radius 2 is 2.42 bits per heavy atom. The number of aliphatic hydroxyl groups is 1. The van der Waals surface area contributed by atoms with Gasteiger partial charge in [0.25, 0.3) is 0 Å². The molecule has 0 saturated heterocycles. The Morgan fingerprint density at radius 1 is 1.67 bits per heavy atom. The molecule has 0 fully saturated rings. The first kappa shape index (κ1) is 9.29. The predicted molar refractivity (Wildman–Crippen MR) is 44.9 cm³/mol. The molecule has 0 radical (unpaired) electrons. The second-order valence-electron chi connectivity index (χ2n) is 2.64. The number of aryl methyl sites for hydroxylation is 1. The van der Waals surface area contributed by atoms with E-state index in [0.29, 0.717) is 19.0 Å². The van der Waals surface area contributed by atoms with Crippen LogP contribution in [0.4, 0.5) is 0 Å². The summed E-state index contributed by atoms with van der Waals surface area (Å²) in [7, 11) is 0. The van der Waals surface area contributed by atoms with Gasteiger partial charge in [-0.25, -0.2) is 0 Å². The Kier molecular flexibility index (Phi) is 3.31. The van der Waals surface area contributed by atoms with Gasteiger partial charge in [-0.3, -0.25) is 0 Å². The zero-order valence-electron chi connectivity index (χ0n) is 7.41. The molecule has 0 aromatic carbocycles. The fraction of sp³-hybridized carbons (Fsp3) is 0.556. The normalized spacial score (nSPS) is 13.2. The van der Waals surface area contributed by atoms with Crippen LogP contribution in [0.25, 0.3) is 0 Å². The van der Waals surface area contributed by atoms with Crippen LogP contribution in [0.3, 0.4) is 0 Å². The zero-order chi connectivity index (χ0) is 8.97. The Labute approximate surface area is 72.0 Å². The molecule has 12 heavy (non-hydrogen) atoms. The fourth-order valence-corrected chi connectivity index (χ4v) is 1.03. The third-order valence-corrected chi connectivity index (χ3v) is 1.68. The first-order valence-corrected chi connectivity index (χ1v) is 4.05. The van der Waals surface area contributed by atoms with Gasteiger partial charge in [0.1, 0.15) is 11.9 Å². The average Bonchev–Trinajstić information content (AvgIpc) is 2.47. The molecule has 3 heteroatoms. The highest BCUT2D eigenvalue weighted by atomic mass is 16.5. The highest BCUT2D eigenvalue weighted by molar-refractivity contribution is 5.16. The molecular weight excluding hydrogens is 156 g/mol. The maximum absolute atomic E-state index is 9.50. The van der Waals surface area contributed by atoms with Gasteiger partial charge in [-0.15, -0.1) is 0 Å². The minimum Gasteiger partial charge on any atom is -0.466 e. The maximum atomic E-state index is 9.50. The first-order valence-electron chi connectivity index (χ1n) is 4.05. The van der Waals surface area contributed by atoms with E-state index in [9.17, 15) is 5.11 Å². The quantitative estimate of drug-likeness (QED) is 0.747. The van der Waals surface area contributed by atoms with Gasteiger partial charge in [0, 0.05) is 6.61 Å². The lowest BCUT2D eigenvalue weighted by Crippen LogP contribution is -2.06. The second kappa shape index (κ2) is 4.28. The van der Waals surface area contributed by atoms with Crippen LogP contribution in [0.15, 0.2) is 16.7 Å². The van der Waals surface area contributed by atoms with Gasteiger partial charge < -0.3 is 14.3 Å². The summed E-state index contributed by atoms with van der Waals surface area (Å²) >= 11 is 0. The molecule has 1 aromatic heterocycles. The largest absolute Gasteiger partial charge is 0.466 e. The van der Waals surface area contributed by atoms with Crippen LogP contribution >= 0.6 is 0 Å². The number of rotatable bonds is 4. The molecule has 0 aliphatic rings. The van der Waals surface area contributed by atoms with E-state index in [1.54, 1.807) is 6.26 Å². The number of furan rings is 1. The third-order valence-electron chi connectivity index (χ3n) is 1.68. The molecule has 1 rings (SSSR count). The molecule has 0 amide bonds. The third kappa shape index (κ3) is 2.09. The van der Waals surface area contributed by atoms with Crippen LogP contribution < -0.4 is 0 Å². The van der Waals surface area contributed by atoms with E-state index in [4.69, 9.17) is 9.15 Å². The molecule has 1 N–H and O–H groups in total. The van der Waals surface area contributed by atoms with Gasteiger partial charge >= 0.3 is 0 Å². The van der Waals surface area contributed by atoms with Crippen LogP contribution in [0, 0.1) is 6.92 Å². The average molecular weight is 170 g/mol. The molecular formula is C9H14O3. The van der Waals surface area contributed by atoms with Crippen molar-refractivity contribution in [3.05, 3.63) is 23.7 Å². The molecule has 1 atom stereocenters. The summed E-state index contributed by atoms with van der Waals surface area (Å²) in [6.07, 6.45) is 0.930. The topological polar surface area (TPSA) is 42.6 Å². The van der Waals surface area contributed by atoms with Gasteiger partial charge in [0.15, 0.2) is 0 Å². The predicted octanol–water partition coefficient (Wildman–Crippen LogP) is 1.66. The van der Waals surface area contributed by atoms with Gasteiger partial charge in [-0.2, -0.15) is 0 Å². The van der Waals surface area contributed by atoms with E-state index < -0.39 is 6.10 Å². The van der Waals surface area contributed by atoms with E-state index in [1.165, 1.54) is 0 Å². The van der Waals surface area contributed by atoms with E-state index in [2.05, 4.69) is 0 Å². The van der Waals surface area contributed by atoms with Crippen molar-refractivity contribution in [1.82, 2.24) is 0 Å². The first-order chi connectivity index (χ1) is 5.75. The SMILES string of the molecule is CCOCC(O)c1occc1C. The highest BCUT2D eigenvalue weighted by Crippen LogP contribution is 2.18. The lowest BCUT2D eigenvalue weighted by atomic mass is 10.2. The van der Waals surface area contributed by atoms with Crippen molar-refractivity contribution in [3.63, 3.8) is 0 Å². The summed E-state index contributed by atoms with van der Waals surface area (Å²) in [5.74, 6) is 0.600. The Balaban J connectivity index is 2.52. The van der Waals surface area contributed by atoms with Crippen molar-refractivity contribution in [3.8, 4) is 0 Å². The maximum Gasteiger partial charge on any atom is 0.137 e. The summed E-state index contributed by atoms with van der Waals surface area (Å²) in [5.41, 5.74) is 0.960. The van der Waals surface area contributed by atoms with Crippen LogP contribution in [0.1, 0.15) is 24.4 Å². The summed E-state index contributed by atoms with van der Waals surface area (Å²) < 4.78 is 10.2. The van der Waals surface area contributed by atoms with E-state index in [1.807, 2.05) is 19.9 Å². The summed E-state index contributed by atoms with van der Waals surface area (Å²) in [5, 5.41) is 9.50. The van der Waals surface area contributed by atoms with Crippen molar-refractivity contribution < 1.29 is 14.3 Å². The van der Waals surface area contributed by atoms with Crippen molar-refractivity contribution in [1.29, 1.82) is 0 Å². The second-order valence-corrected chi connectivity index (χ2v) is 2.64. The molecule has 3 nitrogen and oxygen atoms in total. The number of ether oxygens (including phenoxy) is 1. The Bertz CT molecular complexity index is 229. The van der Waals surface area contributed by atoms with Gasteiger partial charge in [-0.05, 0) is 25.5 Å². The molecule has 1 unspecified atom stereocenters. The zero-order valence-corrected chi connectivity index (χ0v) is 7.41. The Hall–Kier alpha value is -0.800. The smallest absolute Gasteiger partial charge is 0.137 e. The lowest BCUT2D eigenvalue weighted by molar-refractivity contribution is 0.0299. The van der Waals surface area contributed by atoms with Crippen LogP contribution in [-0.4, -0.2) is 18.3 Å². The van der Waals surface area contributed by atoms with E-state index >= 15 is 0 Å². The van der Waals surface area contributed by atoms with Crippen molar-refractivity contribution >= 4 is 0 Å². The summed E-state index contributed by atoms with van der Waals surface area (Å²) in [4.78, 5) is 0. The number of hydrogen-bond acceptors (Lipinski definition) is 3. The van der Waals surface area contributed by atoms with E-state index in [-0.39, 0.29) is 0 Å². The molecule has 0 spiro atoms. The minimum atomic E-state index is -0.639. The molecule has 0 bridgehead atoms. The highest BCUT2D eigenvalue weighted by Gasteiger charge is 2.12. The molecule has 0 aliphatic heterocycles. The van der Waals surface area contributed by atoms with Crippen LogP contribution in [0.2, 0.25) is 0 Å². The monoisotopic (exact) mass is 170 g/mol. The van der Waals surface area contributed by atoms with Crippen LogP contribution in [0.5, 0.6) is 0 Å². The van der Waals surface area contributed by atoms with Gasteiger partial charge in [0.05, 0.1) is 12.9 Å². The van der Waals surface area contributed by atoms with Crippen molar-refractivity contribution in [2.75, 3.05) is 13.2 Å². The van der Waals surface area contributed by atoms with Gasteiger partial charge in [0.2, 0.25) is 0 Å². The van der Waals surface area contributed by atoms with Gasteiger partial charge in [-0.1, -0.05) is 0 Å².